The molecule has 0 saturated carbocycles. The Morgan fingerprint density at radius 2 is 2.13 bits per heavy atom. The summed E-state index contributed by atoms with van der Waals surface area (Å²) in [6.07, 6.45) is 4.64. The van der Waals surface area contributed by atoms with Gasteiger partial charge >= 0.3 is 0 Å². The zero-order valence-electron chi connectivity index (χ0n) is 9.28. The van der Waals surface area contributed by atoms with Crippen molar-refractivity contribution in [3.8, 4) is 0 Å². The first-order valence-corrected chi connectivity index (χ1v) is 7.81. The fourth-order valence-electron chi connectivity index (χ4n) is 1.94. The molecule has 0 amide bonds. The Balaban J connectivity index is 2.65. The smallest absolute Gasteiger partial charge is 0.212 e. The van der Waals surface area contributed by atoms with E-state index in [1.54, 1.807) is 4.31 Å². The molecule has 0 N–H and O–H groups in total. The van der Waals surface area contributed by atoms with Gasteiger partial charge in [0.1, 0.15) is 0 Å². The Morgan fingerprint density at radius 3 is 2.73 bits per heavy atom. The van der Waals surface area contributed by atoms with E-state index in [-0.39, 0.29) is 11.8 Å². The molecular weight excluding hydrogens is 234 g/mol. The summed E-state index contributed by atoms with van der Waals surface area (Å²) < 4.78 is 25.6. The highest BCUT2D eigenvalue weighted by Gasteiger charge is 2.30. The Kier molecular flexibility index (Phi) is 5.36. The van der Waals surface area contributed by atoms with Gasteiger partial charge < -0.3 is 0 Å². The topological polar surface area (TPSA) is 37.4 Å². The second-order valence-corrected chi connectivity index (χ2v) is 6.43. The molecule has 0 radical (unpaired) electrons. The maximum atomic E-state index is 12.0. The molecular formula is C10H20ClNO2S. The zero-order valence-corrected chi connectivity index (χ0v) is 10.9. The van der Waals surface area contributed by atoms with Gasteiger partial charge in [-0.05, 0) is 19.3 Å². The Hall–Kier alpha value is 0.200. The molecule has 0 aliphatic carbocycles. The second-order valence-electron chi connectivity index (χ2n) is 4.08. The predicted octanol–water partition coefficient (Wildman–Crippen LogP) is 2.21. The zero-order chi connectivity index (χ0) is 11.3. The van der Waals surface area contributed by atoms with E-state index in [1.807, 2.05) is 6.92 Å². The van der Waals surface area contributed by atoms with Crippen LogP contribution in [0.5, 0.6) is 0 Å². The SMILES string of the molecule is CCCCS(=O)(=O)N1CCCCC1CCl. The first kappa shape index (κ1) is 13.3. The summed E-state index contributed by atoms with van der Waals surface area (Å²) in [7, 11) is -3.06. The van der Waals surface area contributed by atoms with Gasteiger partial charge in [0.15, 0.2) is 0 Å². The summed E-state index contributed by atoms with van der Waals surface area (Å²) in [5, 5.41) is 0. The van der Waals surface area contributed by atoms with E-state index in [2.05, 4.69) is 0 Å². The maximum Gasteiger partial charge on any atom is 0.214 e. The monoisotopic (exact) mass is 253 g/mol. The number of nitrogens with zero attached hydrogens (tertiary/aromatic N) is 1. The van der Waals surface area contributed by atoms with Crippen molar-refractivity contribution in [3.05, 3.63) is 0 Å². The first-order valence-electron chi connectivity index (χ1n) is 5.67. The Bertz CT molecular complexity index is 279. The van der Waals surface area contributed by atoms with Crippen molar-refractivity contribution in [2.45, 2.75) is 45.1 Å². The molecule has 90 valence electrons. The van der Waals surface area contributed by atoms with Gasteiger partial charge in [0.2, 0.25) is 10.0 Å². The van der Waals surface area contributed by atoms with Crippen LogP contribution < -0.4 is 0 Å². The van der Waals surface area contributed by atoms with Crippen LogP contribution in [0.4, 0.5) is 0 Å². The molecule has 1 unspecified atom stereocenters. The van der Waals surface area contributed by atoms with Gasteiger partial charge in [0, 0.05) is 18.5 Å². The molecule has 1 rings (SSSR count). The molecule has 1 aliphatic heterocycles. The highest BCUT2D eigenvalue weighted by molar-refractivity contribution is 7.89. The normalized spacial score (nSPS) is 24.3. The molecule has 1 saturated heterocycles. The number of rotatable bonds is 5. The van der Waals surface area contributed by atoms with Gasteiger partial charge in [0.05, 0.1) is 5.75 Å². The first-order chi connectivity index (χ1) is 7.11. The van der Waals surface area contributed by atoms with Crippen LogP contribution >= 0.6 is 11.6 Å². The minimum atomic E-state index is -3.06. The second kappa shape index (κ2) is 6.06. The summed E-state index contributed by atoms with van der Waals surface area (Å²) in [6.45, 7) is 2.66. The molecule has 0 aromatic rings. The van der Waals surface area contributed by atoms with Gasteiger partial charge in [-0.2, -0.15) is 4.31 Å². The third-order valence-electron chi connectivity index (χ3n) is 2.86. The minimum absolute atomic E-state index is 0.0299. The largest absolute Gasteiger partial charge is 0.214 e. The van der Waals surface area contributed by atoms with Gasteiger partial charge in [-0.15, -0.1) is 11.6 Å². The number of unbranched alkanes of at least 4 members (excludes halogenated alkanes) is 1. The average molecular weight is 254 g/mol. The molecule has 1 atom stereocenters. The molecule has 1 aliphatic rings. The summed E-state index contributed by atoms with van der Waals surface area (Å²) in [5.41, 5.74) is 0. The van der Waals surface area contributed by atoms with E-state index in [4.69, 9.17) is 11.6 Å². The fourth-order valence-corrected chi connectivity index (χ4v) is 4.27. The van der Waals surface area contributed by atoms with E-state index in [1.165, 1.54) is 0 Å². The Labute approximate surface area is 97.8 Å². The number of hydrogen-bond donors (Lipinski definition) is 0. The molecule has 0 aromatic carbocycles. The van der Waals surface area contributed by atoms with E-state index in [9.17, 15) is 8.42 Å². The third kappa shape index (κ3) is 3.61. The van der Waals surface area contributed by atoms with E-state index in [0.717, 1.165) is 32.1 Å². The summed E-state index contributed by atoms with van der Waals surface area (Å²) in [4.78, 5) is 0. The van der Waals surface area contributed by atoms with Crippen LogP contribution in [0.15, 0.2) is 0 Å². The summed E-state index contributed by atoms with van der Waals surface area (Å²) in [6, 6.07) is 0.0299. The highest BCUT2D eigenvalue weighted by atomic mass is 35.5. The lowest BCUT2D eigenvalue weighted by Crippen LogP contribution is -2.45. The minimum Gasteiger partial charge on any atom is -0.212 e. The van der Waals surface area contributed by atoms with Crippen molar-refractivity contribution in [1.29, 1.82) is 0 Å². The van der Waals surface area contributed by atoms with Crippen LogP contribution in [0.2, 0.25) is 0 Å². The lowest BCUT2D eigenvalue weighted by Gasteiger charge is -2.33. The van der Waals surface area contributed by atoms with E-state index >= 15 is 0 Å². The van der Waals surface area contributed by atoms with Crippen molar-refractivity contribution < 1.29 is 8.42 Å². The maximum absolute atomic E-state index is 12.0. The lowest BCUT2D eigenvalue weighted by atomic mass is 10.1. The van der Waals surface area contributed by atoms with Crippen molar-refractivity contribution in [3.63, 3.8) is 0 Å². The number of piperidine rings is 1. The highest BCUT2D eigenvalue weighted by Crippen LogP contribution is 2.22. The quantitative estimate of drug-likeness (QED) is 0.705. The molecule has 0 spiro atoms. The fraction of sp³-hybridized carbons (Fsp3) is 1.00. The van der Waals surface area contributed by atoms with Crippen LogP contribution in [-0.4, -0.2) is 36.9 Å². The van der Waals surface area contributed by atoms with E-state index < -0.39 is 10.0 Å². The van der Waals surface area contributed by atoms with Gasteiger partial charge in [0.25, 0.3) is 0 Å². The number of hydrogen-bond acceptors (Lipinski definition) is 2. The van der Waals surface area contributed by atoms with Gasteiger partial charge in [-0.3, -0.25) is 0 Å². The van der Waals surface area contributed by atoms with E-state index in [0.29, 0.717) is 12.4 Å². The van der Waals surface area contributed by atoms with Crippen molar-refractivity contribution in [1.82, 2.24) is 4.31 Å². The average Bonchev–Trinajstić information content (AvgIpc) is 2.26. The third-order valence-corrected chi connectivity index (χ3v) is 5.22. The molecule has 15 heavy (non-hydrogen) atoms. The number of sulfonamides is 1. The Morgan fingerprint density at radius 1 is 1.40 bits per heavy atom. The van der Waals surface area contributed by atoms with Crippen LogP contribution in [-0.2, 0) is 10.0 Å². The number of alkyl halides is 1. The van der Waals surface area contributed by atoms with Gasteiger partial charge in [-0.1, -0.05) is 19.8 Å². The molecule has 1 heterocycles. The molecule has 0 aromatic heterocycles. The molecule has 1 fully saturated rings. The van der Waals surface area contributed by atoms with Crippen LogP contribution in [0.25, 0.3) is 0 Å². The molecule has 3 nitrogen and oxygen atoms in total. The number of halogens is 1. The van der Waals surface area contributed by atoms with Crippen molar-refractivity contribution in [2.24, 2.45) is 0 Å². The standard InChI is InChI=1S/C10H20ClNO2S/c1-2-3-8-15(13,14)12-7-5-4-6-10(12)9-11/h10H,2-9H2,1H3. The van der Waals surface area contributed by atoms with Crippen LogP contribution in [0, 0.1) is 0 Å². The summed E-state index contributed by atoms with van der Waals surface area (Å²) >= 11 is 5.81. The van der Waals surface area contributed by atoms with Crippen LogP contribution in [0.1, 0.15) is 39.0 Å². The predicted molar refractivity (Wildman–Crippen MR) is 63.8 cm³/mol. The van der Waals surface area contributed by atoms with Crippen molar-refractivity contribution >= 4 is 21.6 Å². The lowest BCUT2D eigenvalue weighted by molar-refractivity contribution is 0.271. The van der Waals surface area contributed by atoms with Crippen LogP contribution in [0.3, 0.4) is 0 Å². The molecule has 0 bridgehead atoms. The summed E-state index contributed by atoms with van der Waals surface area (Å²) in [5.74, 6) is 0.697. The van der Waals surface area contributed by atoms with Gasteiger partial charge in [-0.25, -0.2) is 8.42 Å². The molecule has 5 heteroatoms. The van der Waals surface area contributed by atoms with Crippen molar-refractivity contribution in [2.75, 3.05) is 18.2 Å².